The van der Waals surface area contributed by atoms with E-state index in [2.05, 4.69) is 5.16 Å². The van der Waals surface area contributed by atoms with Crippen LogP contribution < -0.4 is 0 Å². The molecule has 3 fully saturated rings. The van der Waals surface area contributed by atoms with Gasteiger partial charge in [0.25, 0.3) is 0 Å². The van der Waals surface area contributed by atoms with Gasteiger partial charge in [0.1, 0.15) is 10.6 Å². The van der Waals surface area contributed by atoms with Crippen LogP contribution in [0.5, 0.6) is 0 Å². The first-order valence-corrected chi connectivity index (χ1v) is 12.6. The molecule has 0 aromatic carbocycles. The predicted molar refractivity (Wildman–Crippen MR) is 110 cm³/mol. The lowest BCUT2D eigenvalue weighted by Crippen LogP contribution is -2.41. The van der Waals surface area contributed by atoms with E-state index in [-0.39, 0.29) is 22.1 Å². The summed E-state index contributed by atoms with van der Waals surface area (Å²) in [6.07, 6.45) is 6.77. The molecule has 30 heavy (non-hydrogen) atoms. The van der Waals surface area contributed by atoms with Crippen molar-refractivity contribution >= 4 is 15.9 Å². The maximum Gasteiger partial charge on any atom is 0.248 e. The summed E-state index contributed by atoms with van der Waals surface area (Å²) in [7, 11) is -3.66. The van der Waals surface area contributed by atoms with Crippen LogP contribution in [0.4, 0.5) is 0 Å². The number of carbonyl (C=O) groups excluding carboxylic acids is 1. The van der Waals surface area contributed by atoms with Gasteiger partial charge in [-0.15, -0.1) is 0 Å². The number of amides is 1. The molecule has 4 rings (SSSR count). The van der Waals surface area contributed by atoms with Crippen LogP contribution in [0, 0.1) is 25.2 Å². The smallest absolute Gasteiger partial charge is 0.248 e. The van der Waals surface area contributed by atoms with Gasteiger partial charge in [0.15, 0.2) is 5.76 Å². The molecule has 1 aromatic rings. The Kier molecular flexibility index (Phi) is 6.23. The fourth-order valence-corrected chi connectivity index (χ4v) is 7.50. The molecule has 0 radical (unpaired) electrons. The standard InChI is InChI=1S/C21H33N3O5S/c1-16-20(17(2)29-22-16)30(26,27)24-14-18(21(15-24)8-4-3-5-9-21)6-7-19(25)23-10-12-28-13-11-23/h18H,3-15H2,1-2H3. The number of hydrogen-bond donors (Lipinski definition) is 0. The van der Waals surface area contributed by atoms with Gasteiger partial charge in [-0.25, -0.2) is 8.42 Å². The zero-order valence-corrected chi connectivity index (χ0v) is 18.9. The third-order valence-corrected chi connectivity index (χ3v) is 9.32. The van der Waals surface area contributed by atoms with Crippen molar-refractivity contribution in [1.82, 2.24) is 14.4 Å². The SMILES string of the molecule is Cc1noc(C)c1S(=O)(=O)N1CC(CCC(=O)N2CCOCC2)C2(CCCCC2)C1. The molecule has 2 saturated heterocycles. The van der Waals surface area contributed by atoms with E-state index in [1.165, 1.54) is 6.42 Å². The molecular weight excluding hydrogens is 406 g/mol. The highest BCUT2D eigenvalue weighted by molar-refractivity contribution is 7.89. The molecule has 1 spiro atoms. The van der Waals surface area contributed by atoms with Crippen molar-refractivity contribution in [3.8, 4) is 0 Å². The molecule has 1 amide bonds. The van der Waals surface area contributed by atoms with Crippen LogP contribution in [-0.2, 0) is 19.6 Å². The average Bonchev–Trinajstić information content (AvgIpc) is 3.27. The van der Waals surface area contributed by atoms with Gasteiger partial charge in [-0.3, -0.25) is 4.79 Å². The molecule has 8 nitrogen and oxygen atoms in total. The lowest BCUT2D eigenvalue weighted by Gasteiger charge is -2.38. The zero-order valence-electron chi connectivity index (χ0n) is 18.1. The van der Waals surface area contributed by atoms with E-state index in [0.29, 0.717) is 57.3 Å². The van der Waals surface area contributed by atoms with E-state index < -0.39 is 10.0 Å². The van der Waals surface area contributed by atoms with Crippen molar-refractivity contribution in [2.45, 2.75) is 63.7 Å². The molecule has 9 heteroatoms. The van der Waals surface area contributed by atoms with Crippen molar-refractivity contribution in [2.75, 3.05) is 39.4 Å². The van der Waals surface area contributed by atoms with Gasteiger partial charge in [-0.2, -0.15) is 4.31 Å². The van der Waals surface area contributed by atoms with Crippen LogP contribution in [0.1, 0.15) is 56.4 Å². The molecule has 2 aliphatic heterocycles. The summed E-state index contributed by atoms with van der Waals surface area (Å²) in [5, 5.41) is 3.85. The first-order valence-electron chi connectivity index (χ1n) is 11.1. The second-order valence-corrected chi connectivity index (χ2v) is 11.0. The molecule has 1 unspecified atom stereocenters. The fourth-order valence-electron chi connectivity index (χ4n) is 5.63. The summed E-state index contributed by atoms with van der Waals surface area (Å²) in [5.74, 6) is 0.713. The van der Waals surface area contributed by atoms with Crippen LogP contribution in [0.3, 0.4) is 0 Å². The van der Waals surface area contributed by atoms with Gasteiger partial charge in [0, 0.05) is 32.6 Å². The van der Waals surface area contributed by atoms with E-state index in [1.54, 1.807) is 18.2 Å². The molecule has 1 atom stereocenters. The summed E-state index contributed by atoms with van der Waals surface area (Å²) in [4.78, 5) is 14.8. The number of carbonyl (C=O) groups is 1. The van der Waals surface area contributed by atoms with Crippen molar-refractivity contribution in [2.24, 2.45) is 11.3 Å². The minimum Gasteiger partial charge on any atom is -0.378 e. The number of aryl methyl sites for hydroxylation is 2. The summed E-state index contributed by atoms with van der Waals surface area (Å²) < 4.78 is 39.0. The Morgan fingerprint density at radius 2 is 1.87 bits per heavy atom. The highest BCUT2D eigenvalue weighted by Crippen LogP contribution is 2.50. The summed E-state index contributed by atoms with van der Waals surface area (Å²) >= 11 is 0. The van der Waals surface area contributed by atoms with Crippen LogP contribution >= 0.6 is 0 Å². The summed E-state index contributed by atoms with van der Waals surface area (Å²) in [5.41, 5.74) is 0.395. The Hall–Kier alpha value is -1.45. The fraction of sp³-hybridized carbons (Fsp3) is 0.810. The molecule has 1 aromatic heterocycles. The highest BCUT2D eigenvalue weighted by Gasteiger charge is 2.50. The molecule has 1 aliphatic carbocycles. The number of aromatic nitrogens is 1. The Labute approximate surface area is 179 Å². The minimum absolute atomic E-state index is 0.0183. The molecule has 3 heterocycles. The molecule has 3 aliphatic rings. The topological polar surface area (TPSA) is 93.0 Å². The van der Waals surface area contributed by atoms with Gasteiger partial charge in [-0.1, -0.05) is 24.4 Å². The van der Waals surface area contributed by atoms with Crippen molar-refractivity contribution < 1.29 is 22.5 Å². The van der Waals surface area contributed by atoms with E-state index in [9.17, 15) is 13.2 Å². The second kappa shape index (κ2) is 8.59. The number of hydrogen-bond acceptors (Lipinski definition) is 6. The zero-order chi connectivity index (χ0) is 21.4. The predicted octanol–water partition coefficient (Wildman–Crippen LogP) is 2.50. The highest BCUT2D eigenvalue weighted by atomic mass is 32.2. The van der Waals surface area contributed by atoms with E-state index in [1.807, 2.05) is 4.90 Å². The Balaban J connectivity index is 1.51. The number of nitrogens with zero attached hydrogens (tertiary/aromatic N) is 3. The van der Waals surface area contributed by atoms with E-state index in [4.69, 9.17) is 9.26 Å². The van der Waals surface area contributed by atoms with Crippen LogP contribution in [-0.4, -0.2) is 68.1 Å². The van der Waals surface area contributed by atoms with Crippen LogP contribution in [0.25, 0.3) is 0 Å². The van der Waals surface area contributed by atoms with Gasteiger partial charge in [-0.05, 0) is 44.4 Å². The maximum absolute atomic E-state index is 13.4. The quantitative estimate of drug-likeness (QED) is 0.700. The normalized spacial score (nSPS) is 25.1. The summed E-state index contributed by atoms with van der Waals surface area (Å²) in [6, 6.07) is 0. The lowest BCUT2D eigenvalue weighted by atomic mass is 9.66. The summed E-state index contributed by atoms with van der Waals surface area (Å²) in [6.45, 7) is 6.85. The first-order chi connectivity index (χ1) is 14.3. The van der Waals surface area contributed by atoms with Crippen LogP contribution in [0.2, 0.25) is 0 Å². The number of rotatable bonds is 5. The molecule has 0 N–H and O–H groups in total. The van der Waals surface area contributed by atoms with Gasteiger partial charge in [0.2, 0.25) is 15.9 Å². The number of sulfonamides is 1. The first kappa shape index (κ1) is 21.8. The maximum atomic E-state index is 13.4. The van der Waals surface area contributed by atoms with Crippen LogP contribution in [0.15, 0.2) is 9.42 Å². The minimum atomic E-state index is -3.66. The van der Waals surface area contributed by atoms with Crippen molar-refractivity contribution in [1.29, 1.82) is 0 Å². The van der Waals surface area contributed by atoms with E-state index >= 15 is 0 Å². The Morgan fingerprint density at radius 3 is 2.50 bits per heavy atom. The van der Waals surface area contributed by atoms with Crippen molar-refractivity contribution in [3.05, 3.63) is 11.5 Å². The Bertz CT molecular complexity index is 850. The molecule has 0 bridgehead atoms. The third kappa shape index (κ3) is 4.03. The third-order valence-electron chi connectivity index (χ3n) is 7.27. The van der Waals surface area contributed by atoms with Gasteiger partial charge in [0.05, 0.1) is 13.2 Å². The van der Waals surface area contributed by atoms with Gasteiger partial charge < -0.3 is 14.2 Å². The van der Waals surface area contributed by atoms with E-state index in [0.717, 1.165) is 32.1 Å². The average molecular weight is 440 g/mol. The number of ether oxygens (including phenoxy) is 1. The monoisotopic (exact) mass is 439 g/mol. The second-order valence-electron chi connectivity index (χ2n) is 9.10. The molecular formula is C21H33N3O5S. The van der Waals surface area contributed by atoms with Crippen molar-refractivity contribution in [3.63, 3.8) is 0 Å². The van der Waals surface area contributed by atoms with Gasteiger partial charge >= 0.3 is 0 Å². The molecule has 1 saturated carbocycles. The lowest BCUT2D eigenvalue weighted by molar-refractivity contribution is -0.135. The Morgan fingerprint density at radius 1 is 1.17 bits per heavy atom. The largest absolute Gasteiger partial charge is 0.378 e. The number of morpholine rings is 1. The molecule has 168 valence electrons.